The first-order chi connectivity index (χ1) is 12.6. The molecule has 0 saturated carbocycles. The van der Waals surface area contributed by atoms with Gasteiger partial charge < -0.3 is 15.0 Å². The molecule has 1 aliphatic rings. The maximum Gasteiger partial charge on any atom is 0.329 e. The Morgan fingerprint density at radius 3 is 2.50 bits per heavy atom. The van der Waals surface area contributed by atoms with E-state index in [4.69, 9.17) is 4.74 Å². The zero-order valence-corrected chi connectivity index (χ0v) is 14.9. The third kappa shape index (κ3) is 6.19. The fourth-order valence-corrected chi connectivity index (χ4v) is 2.39. The number of carbonyl (C=O) groups excluding carboxylic acids is 3. The predicted molar refractivity (Wildman–Crippen MR) is 96.8 cm³/mol. The molecular weight excluding hydrogens is 336 g/mol. The molecule has 26 heavy (non-hydrogen) atoms. The van der Waals surface area contributed by atoms with Crippen LogP contribution < -0.4 is 15.5 Å². The van der Waals surface area contributed by atoms with Crippen LogP contribution >= 0.6 is 0 Å². The van der Waals surface area contributed by atoms with E-state index in [9.17, 15) is 14.4 Å². The molecule has 0 atom stereocenters. The van der Waals surface area contributed by atoms with Crippen molar-refractivity contribution in [1.82, 2.24) is 15.6 Å². The molecule has 1 fully saturated rings. The molecule has 0 aromatic heterocycles. The molecule has 3 amide bonds. The molecule has 0 aliphatic carbocycles. The Hall–Kier alpha value is -2.90. The van der Waals surface area contributed by atoms with Crippen molar-refractivity contribution in [2.45, 2.75) is 26.2 Å². The van der Waals surface area contributed by atoms with Crippen LogP contribution in [-0.4, -0.2) is 55.1 Å². The first-order valence-corrected chi connectivity index (χ1v) is 8.72. The van der Waals surface area contributed by atoms with Gasteiger partial charge in [0, 0.05) is 19.6 Å². The SMILES string of the molecule is CCCNC(=O)C(=O)N/N=C\c1ccc(OCC(=O)N2CCCC2)cc1. The van der Waals surface area contributed by atoms with E-state index in [1.807, 2.05) is 6.92 Å². The minimum absolute atomic E-state index is 0.00259. The number of nitrogens with zero attached hydrogens (tertiary/aromatic N) is 2. The second-order valence-electron chi connectivity index (χ2n) is 5.90. The third-order valence-corrected chi connectivity index (χ3v) is 3.82. The van der Waals surface area contributed by atoms with Crippen LogP contribution in [0.3, 0.4) is 0 Å². The molecule has 2 rings (SSSR count). The van der Waals surface area contributed by atoms with Gasteiger partial charge in [0.2, 0.25) is 0 Å². The minimum atomic E-state index is -0.810. The fourth-order valence-electron chi connectivity index (χ4n) is 2.39. The zero-order valence-electron chi connectivity index (χ0n) is 14.9. The van der Waals surface area contributed by atoms with Gasteiger partial charge in [0.05, 0.1) is 6.21 Å². The summed E-state index contributed by atoms with van der Waals surface area (Å²) in [6, 6.07) is 6.91. The Balaban J connectivity index is 1.75. The summed E-state index contributed by atoms with van der Waals surface area (Å²) in [5, 5.41) is 6.20. The van der Waals surface area contributed by atoms with Crippen LogP contribution in [0.5, 0.6) is 5.75 Å². The number of ether oxygens (including phenoxy) is 1. The van der Waals surface area contributed by atoms with Crippen molar-refractivity contribution in [3.8, 4) is 5.75 Å². The molecule has 2 N–H and O–H groups in total. The number of hydrogen-bond acceptors (Lipinski definition) is 5. The molecule has 1 heterocycles. The maximum atomic E-state index is 11.9. The highest BCUT2D eigenvalue weighted by Gasteiger charge is 2.18. The number of rotatable bonds is 7. The second-order valence-corrected chi connectivity index (χ2v) is 5.90. The summed E-state index contributed by atoms with van der Waals surface area (Å²) in [5.74, 6) is -0.944. The summed E-state index contributed by atoms with van der Waals surface area (Å²) < 4.78 is 5.49. The van der Waals surface area contributed by atoms with Gasteiger partial charge in [0.15, 0.2) is 6.61 Å². The van der Waals surface area contributed by atoms with Crippen molar-refractivity contribution in [3.63, 3.8) is 0 Å². The lowest BCUT2D eigenvalue weighted by Gasteiger charge is -2.15. The van der Waals surface area contributed by atoms with Gasteiger partial charge in [-0.3, -0.25) is 14.4 Å². The zero-order chi connectivity index (χ0) is 18.8. The topological polar surface area (TPSA) is 100 Å². The van der Waals surface area contributed by atoms with Crippen LogP contribution in [0.15, 0.2) is 29.4 Å². The van der Waals surface area contributed by atoms with Gasteiger partial charge in [-0.1, -0.05) is 6.92 Å². The second kappa shape index (κ2) is 10.2. The molecule has 1 saturated heterocycles. The molecule has 0 spiro atoms. The number of hydrogen-bond donors (Lipinski definition) is 2. The Kier molecular flexibility index (Phi) is 7.60. The van der Waals surface area contributed by atoms with Gasteiger partial charge in [-0.25, -0.2) is 5.43 Å². The van der Waals surface area contributed by atoms with E-state index in [2.05, 4.69) is 15.8 Å². The van der Waals surface area contributed by atoms with E-state index in [-0.39, 0.29) is 12.5 Å². The Morgan fingerprint density at radius 2 is 1.85 bits per heavy atom. The minimum Gasteiger partial charge on any atom is -0.484 e. The molecule has 0 unspecified atom stereocenters. The van der Waals surface area contributed by atoms with E-state index in [0.29, 0.717) is 12.3 Å². The van der Waals surface area contributed by atoms with Crippen LogP contribution in [0.1, 0.15) is 31.7 Å². The molecule has 140 valence electrons. The van der Waals surface area contributed by atoms with Crippen LogP contribution in [0, 0.1) is 0 Å². The predicted octanol–water partition coefficient (Wildman–Crippen LogP) is 0.664. The van der Waals surface area contributed by atoms with Crippen molar-refractivity contribution < 1.29 is 19.1 Å². The summed E-state index contributed by atoms with van der Waals surface area (Å²) in [4.78, 5) is 36.5. The molecule has 1 aromatic carbocycles. The number of carbonyl (C=O) groups is 3. The van der Waals surface area contributed by atoms with Gasteiger partial charge in [0.25, 0.3) is 5.91 Å². The summed E-state index contributed by atoms with van der Waals surface area (Å²) in [5.41, 5.74) is 2.88. The average molecular weight is 360 g/mol. The first kappa shape index (κ1) is 19.4. The lowest BCUT2D eigenvalue weighted by molar-refractivity contribution is -0.139. The highest BCUT2D eigenvalue weighted by Crippen LogP contribution is 2.12. The maximum absolute atomic E-state index is 11.9. The molecule has 8 heteroatoms. The Bertz CT molecular complexity index is 652. The lowest BCUT2D eigenvalue weighted by atomic mass is 10.2. The van der Waals surface area contributed by atoms with Gasteiger partial charge in [-0.05, 0) is 49.1 Å². The summed E-state index contributed by atoms with van der Waals surface area (Å²) in [6.45, 7) is 3.97. The van der Waals surface area contributed by atoms with Crippen molar-refractivity contribution >= 4 is 23.9 Å². The van der Waals surface area contributed by atoms with Gasteiger partial charge in [-0.15, -0.1) is 0 Å². The largest absolute Gasteiger partial charge is 0.484 e. The quantitative estimate of drug-likeness (QED) is 0.424. The van der Waals surface area contributed by atoms with E-state index >= 15 is 0 Å². The van der Waals surface area contributed by atoms with Crippen molar-refractivity contribution in [1.29, 1.82) is 0 Å². The number of amides is 3. The number of hydrazone groups is 1. The van der Waals surface area contributed by atoms with E-state index < -0.39 is 11.8 Å². The van der Waals surface area contributed by atoms with Crippen LogP contribution in [0.4, 0.5) is 0 Å². The van der Waals surface area contributed by atoms with E-state index in [0.717, 1.165) is 37.9 Å². The van der Waals surface area contributed by atoms with Crippen molar-refractivity contribution in [2.24, 2.45) is 5.10 Å². The van der Waals surface area contributed by atoms with Gasteiger partial charge in [0.1, 0.15) is 5.75 Å². The van der Waals surface area contributed by atoms with Gasteiger partial charge >= 0.3 is 11.8 Å². The van der Waals surface area contributed by atoms with Gasteiger partial charge in [-0.2, -0.15) is 5.10 Å². The van der Waals surface area contributed by atoms with Crippen molar-refractivity contribution in [2.75, 3.05) is 26.2 Å². The fraction of sp³-hybridized carbons (Fsp3) is 0.444. The smallest absolute Gasteiger partial charge is 0.329 e. The monoisotopic (exact) mass is 360 g/mol. The number of nitrogens with one attached hydrogen (secondary N) is 2. The highest BCUT2D eigenvalue weighted by atomic mass is 16.5. The third-order valence-electron chi connectivity index (χ3n) is 3.82. The van der Waals surface area contributed by atoms with Crippen LogP contribution in [0.25, 0.3) is 0 Å². The normalized spacial score (nSPS) is 13.7. The standard InChI is InChI=1S/C18H24N4O4/c1-2-9-19-17(24)18(25)21-20-12-14-5-7-15(8-6-14)26-13-16(23)22-10-3-4-11-22/h5-8,12H,2-4,9-11,13H2,1H3,(H,19,24)(H,21,25)/b20-12-. The summed E-state index contributed by atoms with van der Waals surface area (Å²) in [6.07, 6.45) is 4.28. The van der Waals surface area contributed by atoms with E-state index in [1.54, 1.807) is 29.2 Å². The lowest BCUT2D eigenvalue weighted by Crippen LogP contribution is -2.38. The molecule has 1 aromatic rings. The van der Waals surface area contributed by atoms with Crippen LogP contribution in [-0.2, 0) is 14.4 Å². The number of likely N-dealkylation sites (tertiary alicyclic amines) is 1. The highest BCUT2D eigenvalue weighted by molar-refractivity contribution is 6.35. The molecule has 0 radical (unpaired) electrons. The Labute approximate surface area is 152 Å². The van der Waals surface area contributed by atoms with Crippen molar-refractivity contribution in [3.05, 3.63) is 29.8 Å². The Morgan fingerprint density at radius 1 is 1.15 bits per heavy atom. The van der Waals surface area contributed by atoms with Crippen LogP contribution in [0.2, 0.25) is 0 Å². The molecule has 8 nitrogen and oxygen atoms in total. The molecule has 1 aliphatic heterocycles. The van der Waals surface area contributed by atoms with E-state index in [1.165, 1.54) is 6.21 Å². The molecular formula is C18H24N4O4. The molecule has 0 bridgehead atoms. The average Bonchev–Trinajstić information content (AvgIpc) is 3.20. The summed E-state index contributed by atoms with van der Waals surface area (Å²) >= 11 is 0. The summed E-state index contributed by atoms with van der Waals surface area (Å²) in [7, 11) is 0. The number of benzene rings is 1. The first-order valence-electron chi connectivity index (χ1n) is 8.72.